The summed E-state index contributed by atoms with van der Waals surface area (Å²) in [7, 11) is 0. The maximum absolute atomic E-state index is 13.6. The molecule has 11 nitrogen and oxygen atoms in total. The predicted molar refractivity (Wildman–Crippen MR) is 135 cm³/mol. The molecule has 14 heteroatoms. The van der Waals surface area contributed by atoms with Crippen LogP contribution in [0, 0.1) is 33.3 Å². The summed E-state index contributed by atoms with van der Waals surface area (Å²) in [6, 6.07) is 9.93. The Bertz CT molecular complexity index is 1470. The number of hydrogen-bond acceptors (Lipinski definition) is 8. The van der Waals surface area contributed by atoms with Gasteiger partial charge in [0, 0.05) is 31.8 Å². The number of nitrogens with zero attached hydrogens (tertiary/aromatic N) is 4. The molecule has 0 radical (unpaired) electrons. The number of rotatable bonds is 6. The van der Waals surface area contributed by atoms with Gasteiger partial charge in [-0.15, -0.1) is 0 Å². The number of nitro groups is 1. The van der Waals surface area contributed by atoms with Gasteiger partial charge in [0.05, 0.1) is 57.4 Å². The van der Waals surface area contributed by atoms with E-state index in [9.17, 15) is 37.7 Å². The number of imide groups is 1. The van der Waals surface area contributed by atoms with Crippen LogP contribution in [-0.4, -0.2) is 58.4 Å². The molecule has 41 heavy (non-hydrogen) atoms. The molecule has 3 amide bonds. The third-order valence-electron chi connectivity index (χ3n) is 7.85. The van der Waals surface area contributed by atoms with Gasteiger partial charge in [0.1, 0.15) is 0 Å². The number of nitriles is 1. The Labute approximate surface area is 231 Å². The van der Waals surface area contributed by atoms with E-state index in [1.165, 1.54) is 30.3 Å². The number of fused-ring (bicyclic) bond motifs is 5. The van der Waals surface area contributed by atoms with Crippen molar-refractivity contribution >= 4 is 29.1 Å². The number of nitrogens with one attached hydrogen (secondary N) is 1. The second-order valence-electron chi connectivity index (χ2n) is 10.9. The van der Waals surface area contributed by atoms with Crippen molar-refractivity contribution in [2.75, 3.05) is 24.5 Å². The third-order valence-corrected chi connectivity index (χ3v) is 7.85. The standard InChI is InChI=1S/C27H24F3N5O6/c1-25-13-33(12-20(36)32-11-15-3-6-17(7-4-15)35(39)40)14-26(2,41-25)22-21(25)23(37)34(24(22)38)18-8-5-16(10-31)19(9-18)27(28,29)30/h3-9,21-22H,11-14H2,1-2H3,(H,32,36). The third kappa shape index (κ3) is 4.81. The molecule has 214 valence electrons. The topological polar surface area (TPSA) is 146 Å². The number of nitro benzene ring substituents is 1. The van der Waals surface area contributed by atoms with Crippen LogP contribution in [0.3, 0.4) is 0 Å². The van der Waals surface area contributed by atoms with Gasteiger partial charge in [-0.3, -0.25) is 29.4 Å². The minimum absolute atomic E-state index is 0.0708. The molecule has 2 bridgehead atoms. The second-order valence-corrected chi connectivity index (χ2v) is 10.9. The number of carbonyl (C=O) groups excluding carboxylic acids is 3. The second kappa shape index (κ2) is 9.64. The van der Waals surface area contributed by atoms with Crippen LogP contribution in [0.4, 0.5) is 24.5 Å². The number of likely N-dealkylation sites (tertiary alicyclic amines) is 1. The quantitative estimate of drug-likeness (QED) is 0.317. The maximum Gasteiger partial charge on any atom is 0.417 e. The van der Waals surface area contributed by atoms with Crippen molar-refractivity contribution in [3.8, 4) is 6.07 Å². The highest BCUT2D eigenvalue weighted by Crippen LogP contribution is 2.55. The number of carbonyl (C=O) groups is 3. The maximum atomic E-state index is 13.6. The first-order valence-corrected chi connectivity index (χ1v) is 12.6. The minimum Gasteiger partial charge on any atom is -0.365 e. The molecule has 3 heterocycles. The van der Waals surface area contributed by atoms with Crippen LogP contribution < -0.4 is 10.2 Å². The number of amides is 3. The first-order valence-electron chi connectivity index (χ1n) is 12.6. The van der Waals surface area contributed by atoms with Crippen molar-refractivity contribution in [1.29, 1.82) is 5.26 Å². The average molecular weight is 572 g/mol. The minimum atomic E-state index is -4.86. The Morgan fingerprint density at radius 1 is 1.12 bits per heavy atom. The monoisotopic (exact) mass is 571 g/mol. The van der Waals surface area contributed by atoms with E-state index in [0.29, 0.717) is 11.6 Å². The molecule has 3 saturated heterocycles. The van der Waals surface area contributed by atoms with Crippen LogP contribution in [0.15, 0.2) is 42.5 Å². The summed E-state index contributed by atoms with van der Waals surface area (Å²) in [5.74, 6) is -3.73. The highest BCUT2D eigenvalue weighted by Gasteiger charge is 2.71. The number of ether oxygens (including phenoxy) is 1. The molecule has 0 aromatic heterocycles. The lowest BCUT2D eigenvalue weighted by molar-refractivity contribution is -0.384. The Morgan fingerprint density at radius 2 is 1.71 bits per heavy atom. The summed E-state index contributed by atoms with van der Waals surface area (Å²) in [5.41, 5.74) is -3.94. The zero-order chi connectivity index (χ0) is 29.9. The van der Waals surface area contributed by atoms with Crippen LogP contribution in [-0.2, 0) is 31.8 Å². The van der Waals surface area contributed by atoms with E-state index in [0.717, 1.165) is 17.0 Å². The molecule has 0 spiro atoms. The van der Waals surface area contributed by atoms with Crippen LogP contribution in [0.25, 0.3) is 0 Å². The van der Waals surface area contributed by atoms with Gasteiger partial charge in [-0.05, 0) is 37.6 Å². The van der Waals surface area contributed by atoms with Gasteiger partial charge in [-0.25, -0.2) is 4.90 Å². The van der Waals surface area contributed by atoms with E-state index in [1.807, 2.05) is 0 Å². The van der Waals surface area contributed by atoms with Crippen LogP contribution >= 0.6 is 0 Å². The van der Waals surface area contributed by atoms with E-state index in [2.05, 4.69) is 5.32 Å². The summed E-state index contributed by atoms with van der Waals surface area (Å²) < 4.78 is 46.9. The first kappa shape index (κ1) is 28.2. The van der Waals surface area contributed by atoms with Crippen LogP contribution in [0.1, 0.15) is 30.5 Å². The van der Waals surface area contributed by atoms with Crippen molar-refractivity contribution < 1.29 is 37.2 Å². The van der Waals surface area contributed by atoms with Crippen molar-refractivity contribution in [2.24, 2.45) is 11.8 Å². The number of non-ortho nitro benzene ring substituents is 1. The van der Waals surface area contributed by atoms with E-state index >= 15 is 0 Å². The number of halogens is 3. The Kier molecular flexibility index (Phi) is 6.62. The van der Waals surface area contributed by atoms with E-state index in [-0.39, 0.29) is 43.5 Å². The van der Waals surface area contributed by atoms with Crippen molar-refractivity contribution in [1.82, 2.24) is 10.2 Å². The fourth-order valence-electron chi connectivity index (χ4n) is 6.33. The van der Waals surface area contributed by atoms with Crippen molar-refractivity contribution in [3.05, 3.63) is 69.3 Å². The molecule has 4 unspecified atom stereocenters. The van der Waals surface area contributed by atoms with Crippen LogP contribution in [0.2, 0.25) is 0 Å². The van der Waals surface area contributed by atoms with Crippen molar-refractivity contribution in [3.63, 3.8) is 0 Å². The molecule has 2 aromatic carbocycles. The lowest BCUT2D eigenvalue weighted by Crippen LogP contribution is -2.59. The fourth-order valence-corrected chi connectivity index (χ4v) is 6.33. The molecule has 5 rings (SSSR count). The van der Waals surface area contributed by atoms with E-state index < -0.39 is 57.1 Å². The molecule has 3 aliphatic rings. The normalized spacial score (nSPS) is 27.5. The molecule has 4 atom stereocenters. The Balaban J connectivity index is 1.31. The zero-order valence-electron chi connectivity index (χ0n) is 21.9. The highest BCUT2D eigenvalue weighted by atomic mass is 19.4. The zero-order valence-corrected chi connectivity index (χ0v) is 21.9. The summed E-state index contributed by atoms with van der Waals surface area (Å²) in [5, 5.41) is 22.6. The summed E-state index contributed by atoms with van der Waals surface area (Å²) in [6.07, 6.45) is -4.86. The average Bonchev–Trinajstić information content (AvgIpc) is 3.26. The van der Waals surface area contributed by atoms with Gasteiger partial charge in [-0.2, -0.15) is 18.4 Å². The fraction of sp³-hybridized carbons (Fsp3) is 0.407. The summed E-state index contributed by atoms with van der Waals surface area (Å²) in [4.78, 5) is 52.7. The number of alkyl halides is 3. The lowest BCUT2D eigenvalue weighted by atomic mass is 9.79. The lowest BCUT2D eigenvalue weighted by Gasteiger charge is -2.44. The number of benzene rings is 2. The SMILES string of the molecule is CC12CN(CC(=O)NCc3ccc([N+](=O)[O-])cc3)CC(C)(O1)C1C(=O)N(c3ccc(C#N)c(C(F)(F)F)c3)C(=O)C12. The highest BCUT2D eigenvalue weighted by molar-refractivity contribution is 6.23. The first-order chi connectivity index (χ1) is 19.2. The molecule has 3 aliphatic heterocycles. The van der Waals surface area contributed by atoms with E-state index in [1.54, 1.807) is 18.7 Å². The van der Waals surface area contributed by atoms with Crippen molar-refractivity contribution in [2.45, 2.75) is 37.8 Å². The summed E-state index contributed by atoms with van der Waals surface area (Å²) in [6.45, 7) is 3.58. The van der Waals surface area contributed by atoms with E-state index in [4.69, 9.17) is 10.00 Å². The molecule has 1 N–H and O–H groups in total. The number of hydrogen-bond donors (Lipinski definition) is 1. The van der Waals surface area contributed by atoms with Gasteiger partial charge >= 0.3 is 6.18 Å². The Hall–Kier alpha value is -4.35. The van der Waals surface area contributed by atoms with Gasteiger partial charge < -0.3 is 10.1 Å². The Morgan fingerprint density at radius 3 is 2.22 bits per heavy atom. The van der Waals surface area contributed by atoms with Gasteiger partial charge in [0.15, 0.2) is 0 Å². The number of anilines is 1. The molecular formula is C27H24F3N5O6. The van der Waals surface area contributed by atoms with Gasteiger partial charge in [-0.1, -0.05) is 12.1 Å². The summed E-state index contributed by atoms with van der Waals surface area (Å²) >= 11 is 0. The largest absolute Gasteiger partial charge is 0.417 e. The molecule has 0 aliphatic carbocycles. The molecular weight excluding hydrogens is 547 g/mol. The van der Waals surface area contributed by atoms with Gasteiger partial charge in [0.2, 0.25) is 17.7 Å². The smallest absolute Gasteiger partial charge is 0.365 e. The molecule has 2 aromatic rings. The molecule has 0 saturated carbocycles. The van der Waals surface area contributed by atoms with Crippen LogP contribution in [0.5, 0.6) is 0 Å². The van der Waals surface area contributed by atoms with Gasteiger partial charge in [0.25, 0.3) is 5.69 Å². The predicted octanol–water partition coefficient (Wildman–Crippen LogP) is 2.77. The number of morpholine rings is 1. The molecule has 3 fully saturated rings.